The maximum Gasteiger partial charge on any atom is 0.472 e. The van der Waals surface area contributed by atoms with Gasteiger partial charge in [-0.3, -0.25) is 37.3 Å². The van der Waals surface area contributed by atoms with Gasteiger partial charge in [0.1, 0.15) is 19.3 Å². The van der Waals surface area contributed by atoms with E-state index in [1.807, 2.05) is 0 Å². The zero-order valence-corrected chi connectivity index (χ0v) is 62.9. The fourth-order valence-corrected chi connectivity index (χ4v) is 13.1. The van der Waals surface area contributed by atoms with Gasteiger partial charge >= 0.3 is 39.5 Å². The molecule has 94 heavy (non-hydrogen) atoms. The van der Waals surface area contributed by atoms with Crippen LogP contribution in [0.4, 0.5) is 0 Å². The van der Waals surface area contributed by atoms with E-state index in [-0.39, 0.29) is 25.7 Å². The zero-order valence-electron chi connectivity index (χ0n) is 61.1. The molecule has 0 bridgehead atoms. The number of phosphoric ester groups is 2. The lowest BCUT2D eigenvalue weighted by Gasteiger charge is -2.21. The molecule has 0 saturated heterocycles. The summed E-state index contributed by atoms with van der Waals surface area (Å²) >= 11 is 0. The predicted octanol–water partition coefficient (Wildman–Crippen LogP) is 22.1. The van der Waals surface area contributed by atoms with Crippen LogP contribution in [0, 0.1) is 5.92 Å². The Labute approximate surface area is 575 Å². The number of phosphoric acid groups is 2. The number of ether oxygens (including phenoxy) is 4. The number of hydrogen-bond acceptors (Lipinski definition) is 15. The molecule has 19 heteroatoms. The molecule has 0 aromatic carbocycles. The van der Waals surface area contributed by atoms with E-state index in [9.17, 15) is 43.2 Å². The maximum absolute atomic E-state index is 13.1. The molecule has 558 valence electrons. The van der Waals surface area contributed by atoms with Crippen molar-refractivity contribution in [2.45, 2.75) is 412 Å². The van der Waals surface area contributed by atoms with Gasteiger partial charge in [-0.2, -0.15) is 0 Å². The van der Waals surface area contributed by atoms with Crippen LogP contribution in [0.5, 0.6) is 0 Å². The third-order valence-corrected chi connectivity index (χ3v) is 19.4. The molecule has 3 N–H and O–H groups in total. The monoisotopic (exact) mass is 1380 g/mol. The summed E-state index contributed by atoms with van der Waals surface area (Å²) in [7, 11) is -9.90. The average molecular weight is 1380 g/mol. The Bertz CT molecular complexity index is 1810. The van der Waals surface area contributed by atoms with Crippen molar-refractivity contribution in [3.8, 4) is 0 Å². The van der Waals surface area contributed by atoms with Gasteiger partial charge in [0.05, 0.1) is 26.4 Å². The first-order chi connectivity index (χ1) is 45.5. The molecule has 0 aliphatic rings. The van der Waals surface area contributed by atoms with Gasteiger partial charge in [-0.25, -0.2) is 9.13 Å². The molecule has 0 spiro atoms. The first-order valence-electron chi connectivity index (χ1n) is 39.1. The topological polar surface area (TPSA) is 237 Å². The van der Waals surface area contributed by atoms with Gasteiger partial charge in [-0.15, -0.1) is 0 Å². The quantitative estimate of drug-likeness (QED) is 0.0222. The number of hydrogen-bond donors (Lipinski definition) is 3. The standard InChI is InChI=1S/C75H146O17P2/c1-6-9-12-15-18-21-23-25-27-29-30-31-33-35-37-39-45-50-55-60-74(79)91-71(65-86-73(78)59-54-49-44-38-36-34-32-28-26-24-22-19-16-13-10-7-2)67-90-94(83,84)88-63-69(76)62-87-93(81,82)89-66-70(64-85-72(77)58-53-48-43-20-17-14-11-8-3)92-75(80)61-56-51-46-41-40-42-47-52-57-68(4)5/h68-71,76H,6-67H2,1-5H3,(H,81,82)(H,83,84)/t69-,70+,71+/m0/s1. The summed E-state index contributed by atoms with van der Waals surface area (Å²) in [5, 5.41) is 10.6. The number of aliphatic hydroxyl groups excluding tert-OH is 1. The van der Waals surface area contributed by atoms with E-state index in [1.54, 1.807) is 0 Å². The van der Waals surface area contributed by atoms with Gasteiger partial charge in [-0.05, 0) is 31.6 Å². The van der Waals surface area contributed by atoms with Crippen LogP contribution in [0.15, 0.2) is 0 Å². The minimum atomic E-state index is -4.96. The van der Waals surface area contributed by atoms with Crippen LogP contribution in [0.3, 0.4) is 0 Å². The van der Waals surface area contributed by atoms with E-state index in [4.69, 9.17) is 37.0 Å². The first kappa shape index (κ1) is 92.1. The molecule has 0 aromatic heterocycles. The van der Waals surface area contributed by atoms with Gasteiger partial charge in [0, 0.05) is 25.7 Å². The van der Waals surface area contributed by atoms with Crippen LogP contribution < -0.4 is 0 Å². The molecule has 0 fully saturated rings. The number of carbonyl (C=O) groups is 4. The molecule has 0 heterocycles. The number of aliphatic hydroxyl groups is 1. The van der Waals surface area contributed by atoms with Gasteiger partial charge in [0.2, 0.25) is 0 Å². The van der Waals surface area contributed by atoms with Crippen LogP contribution in [-0.2, 0) is 65.4 Å². The molecule has 0 aromatic rings. The van der Waals surface area contributed by atoms with E-state index >= 15 is 0 Å². The molecule has 0 rings (SSSR count). The average Bonchev–Trinajstić information content (AvgIpc) is 1.71. The number of carbonyl (C=O) groups excluding carboxylic acids is 4. The molecule has 0 amide bonds. The van der Waals surface area contributed by atoms with E-state index < -0.39 is 97.5 Å². The van der Waals surface area contributed by atoms with E-state index in [1.165, 1.54) is 212 Å². The van der Waals surface area contributed by atoms with Crippen molar-refractivity contribution in [2.24, 2.45) is 5.92 Å². The second kappa shape index (κ2) is 68.2. The molecule has 0 aliphatic carbocycles. The Balaban J connectivity index is 5.19. The van der Waals surface area contributed by atoms with E-state index in [0.29, 0.717) is 25.7 Å². The highest BCUT2D eigenvalue weighted by Gasteiger charge is 2.30. The largest absolute Gasteiger partial charge is 0.472 e. The molecule has 0 saturated carbocycles. The van der Waals surface area contributed by atoms with Gasteiger partial charge in [0.25, 0.3) is 0 Å². The highest BCUT2D eigenvalue weighted by atomic mass is 31.2. The second-order valence-corrected chi connectivity index (χ2v) is 30.4. The first-order valence-corrected chi connectivity index (χ1v) is 42.1. The number of esters is 4. The summed E-state index contributed by atoms with van der Waals surface area (Å²) in [5.41, 5.74) is 0. The minimum absolute atomic E-state index is 0.105. The lowest BCUT2D eigenvalue weighted by atomic mass is 10.0. The van der Waals surface area contributed by atoms with Crippen molar-refractivity contribution in [1.82, 2.24) is 0 Å². The normalized spacial score (nSPS) is 14.0. The molecule has 17 nitrogen and oxygen atoms in total. The molecular weight excluding hydrogens is 1230 g/mol. The fourth-order valence-electron chi connectivity index (χ4n) is 11.5. The summed E-state index contributed by atoms with van der Waals surface area (Å²) in [6.45, 7) is 7.22. The SMILES string of the molecule is CCCCCCCCCCCCCCCCCCCCCC(=O)O[C@H](COC(=O)CCCCCCCCCCCCCCCCCC)COP(=O)(O)OC[C@@H](O)COP(=O)(O)OC[C@@H](COC(=O)CCCCCCCCCC)OC(=O)CCCCCCCCCCC(C)C. The van der Waals surface area contributed by atoms with Crippen LogP contribution >= 0.6 is 15.6 Å². The highest BCUT2D eigenvalue weighted by molar-refractivity contribution is 7.47. The lowest BCUT2D eigenvalue weighted by Crippen LogP contribution is -2.30. The van der Waals surface area contributed by atoms with Crippen molar-refractivity contribution < 1.29 is 80.2 Å². The van der Waals surface area contributed by atoms with E-state index in [2.05, 4.69) is 34.6 Å². The molecular formula is C75H146O17P2. The Morgan fingerprint density at radius 3 is 0.723 bits per heavy atom. The smallest absolute Gasteiger partial charge is 0.462 e. The Hall–Kier alpha value is -1.94. The fraction of sp³-hybridized carbons (Fsp3) is 0.947. The predicted molar refractivity (Wildman–Crippen MR) is 382 cm³/mol. The Morgan fingerprint density at radius 1 is 0.287 bits per heavy atom. The summed E-state index contributed by atoms with van der Waals surface area (Å²) in [4.78, 5) is 72.6. The minimum Gasteiger partial charge on any atom is -0.462 e. The Morgan fingerprint density at radius 2 is 0.489 bits per heavy atom. The third kappa shape index (κ3) is 68.6. The molecule has 5 atom stereocenters. The molecule has 2 unspecified atom stereocenters. The zero-order chi connectivity index (χ0) is 69.1. The lowest BCUT2D eigenvalue weighted by molar-refractivity contribution is -0.161. The van der Waals surface area contributed by atoms with Crippen molar-refractivity contribution >= 4 is 39.5 Å². The van der Waals surface area contributed by atoms with Crippen LogP contribution in [0.2, 0.25) is 0 Å². The molecule has 0 aliphatic heterocycles. The Kier molecular flexibility index (Phi) is 66.8. The summed E-state index contributed by atoms with van der Waals surface area (Å²) < 4.78 is 68.4. The summed E-state index contributed by atoms with van der Waals surface area (Å²) in [5.74, 6) is -1.40. The van der Waals surface area contributed by atoms with Gasteiger partial charge < -0.3 is 33.8 Å². The van der Waals surface area contributed by atoms with Crippen molar-refractivity contribution in [3.63, 3.8) is 0 Å². The third-order valence-electron chi connectivity index (χ3n) is 17.5. The van der Waals surface area contributed by atoms with Crippen LogP contribution in [0.1, 0.15) is 394 Å². The van der Waals surface area contributed by atoms with Crippen molar-refractivity contribution in [2.75, 3.05) is 39.6 Å². The number of rotatable bonds is 75. The summed E-state index contributed by atoms with van der Waals surface area (Å²) in [6, 6.07) is 0. The maximum atomic E-state index is 13.1. The summed E-state index contributed by atoms with van der Waals surface area (Å²) in [6.07, 6.45) is 57.1. The van der Waals surface area contributed by atoms with Crippen LogP contribution in [0.25, 0.3) is 0 Å². The van der Waals surface area contributed by atoms with Crippen molar-refractivity contribution in [1.29, 1.82) is 0 Å². The van der Waals surface area contributed by atoms with Gasteiger partial charge in [-0.1, -0.05) is 343 Å². The van der Waals surface area contributed by atoms with Crippen molar-refractivity contribution in [3.05, 3.63) is 0 Å². The second-order valence-electron chi connectivity index (χ2n) is 27.5. The molecule has 0 radical (unpaired) electrons. The number of unbranched alkanes of at least 4 members (excludes halogenated alkanes) is 47. The van der Waals surface area contributed by atoms with Gasteiger partial charge in [0.15, 0.2) is 12.2 Å². The highest BCUT2D eigenvalue weighted by Crippen LogP contribution is 2.45. The van der Waals surface area contributed by atoms with E-state index in [0.717, 1.165) is 102 Å². The van der Waals surface area contributed by atoms with Crippen LogP contribution in [-0.4, -0.2) is 96.7 Å².